The number of para-hydroxylation sites is 1. The zero-order valence-electron chi connectivity index (χ0n) is 18.9. The Kier molecular flexibility index (Phi) is 7.70. The number of amidine groups is 1. The van der Waals surface area contributed by atoms with Crippen LogP contribution in [0.15, 0.2) is 94.2 Å². The topological polar surface area (TPSA) is 78.8 Å². The van der Waals surface area contributed by atoms with Crippen LogP contribution in [-0.4, -0.2) is 31.3 Å². The van der Waals surface area contributed by atoms with Crippen LogP contribution in [0.4, 0.5) is 5.69 Å². The van der Waals surface area contributed by atoms with E-state index in [9.17, 15) is 13.2 Å². The van der Waals surface area contributed by atoms with Gasteiger partial charge in [0.25, 0.3) is 10.0 Å². The number of nitrogens with zero attached hydrogens (tertiary/aromatic N) is 2. The Morgan fingerprint density at radius 2 is 1.56 bits per heavy atom. The third kappa shape index (κ3) is 6.07. The van der Waals surface area contributed by atoms with Gasteiger partial charge in [-0.3, -0.25) is 4.79 Å². The standard InChI is InChI=1S/C26H27N3O3S2/c1-20(16-17-21-10-4-2-5-11-21)27-25(30)19-33-26-28-34(31,32)24-15-9-8-14-23(24)29(26)18-22-12-6-3-7-13-22/h2-15,20H,16-19H2,1H3,(H,27,30)/t20-/m1/s1. The van der Waals surface area contributed by atoms with E-state index in [2.05, 4.69) is 21.8 Å². The van der Waals surface area contributed by atoms with E-state index >= 15 is 0 Å². The third-order valence-electron chi connectivity index (χ3n) is 5.50. The molecule has 0 aliphatic carbocycles. The molecule has 6 nitrogen and oxygen atoms in total. The number of carbonyl (C=O) groups excluding carboxylic acids is 1. The summed E-state index contributed by atoms with van der Waals surface area (Å²) >= 11 is 1.14. The van der Waals surface area contributed by atoms with E-state index in [1.807, 2.05) is 60.4 Å². The molecule has 8 heteroatoms. The molecule has 0 spiro atoms. The number of nitrogens with one attached hydrogen (secondary N) is 1. The van der Waals surface area contributed by atoms with E-state index in [0.717, 1.165) is 30.2 Å². The first-order valence-corrected chi connectivity index (χ1v) is 13.6. The molecule has 1 aliphatic heterocycles. The molecule has 0 saturated carbocycles. The van der Waals surface area contributed by atoms with E-state index < -0.39 is 10.0 Å². The highest BCUT2D eigenvalue weighted by molar-refractivity contribution is 8.15. The molecule has 0 saturated heterocycles. The number of anilines is 1. The van der Waals surface area contributed by atoms with Gasteiger partial charge in [0, 0.05) is 6.04 Å². The van der Waals surface area contributed by atoms with E-state index in [1.54, 1.807) is 24.3 Å². The molecule has 1 atom stereocenters. The second-order valence-corrected chi connectivity index (χ2v) is 10.7. The number of aryl methyl sites for hydroxylation is 1. The van der Waals surface area contributed by atoms with Gasteiger partial charge in [0.1, 0.15) is 4.90 Å². The van der Waals surface area contributed by atoms with E-state index in [-0.39, 0.29) is 22.6 Å². The fourth-order valence-electron chi connectivity index (χ4n) is 3.77. The highest BCUT2D eigenvalue weighted by Gasteiger charge is 2.31. The Hall–Kier alpha value is -3.10. The summed E-state index contributed by atoms with van der Waals surface area (Å²) in [6, 6.07) is 26.8. The molecule has 0 fully saturated rings. The number of sulfonamides is 1. The summed E-state index contributed by atoms with van der Waals surface area (Å²) < 4.78 is 29.6. The van der Waals surface area contributed by atoms with Crippen molar-refractivity contribution < 1.29 is 13.2 Å². The molecule has 1 N–H and O–H groups in total. The Bertz CT molecular complexity index is 1260. The lowest BCUT2D eigenvalue weighted by Crippen LogP contribution is -2.37. The number of hydrogen-bond donors (Lipinski definition) is 1. The molecule has 3 aromatic rings. The van der Waals surface area contributed by atoms with Crippen LogP contribution in [-0.2, 0) is 27.8 Å². The lowest BCUT2D eigenvalue weighted by molar-refractivity contribution is -0.119. The number of rotatable bonds is 8. The van der Waals surface area contributed by atoms with Gasteiger partial charge in [0.05, 0.1) is 18.0 Å². The van der Waals surface area contributed by atoms with Crippen LogP contribution >= 0.6 is 11.8 Å². The van der Waals surface area contributed by atoms with Crippen molar-refractivity contribution in [3.63, 3.8) is 0 Å². The summed E-state index contributed by atoms with van der Waals surface area (Å²) in [5.41, 5.74) is 2.82. The predicted octanol–water partition coefficient (Wildman–Crippen LogP) is 4.62. The van der Waals surface area contributed by atoms with Crippen LogP contribution < -0.4 is 10.2 Å². The molecule has 176 valence electrons. The fourth-order valence-corrected chi connectivity index (χ4v) is 6.04. The maximum atomic E-state index is 12.8. The Morgan fingerprint density at radius 1 is 0.941 bits per heavy atom. The molecule has 1 aliphatic rings. The first-order chi connectivity index (χ1) is 16.4. The second-order valence-electron chi connectivity index (χ2n) is 8.17. The van der Waals surface area contributed by atoms with Gasteiger partial charge in [0.2, 0.25) is 5.91 Å². The van der Waals surface area contributed by atoms with Crippen LogP contribution in [0.5, 0.6) is 0 Å². The molecule has 34 heavy (non-hydrogen) atoms. The molecule has 0 radical (unpaired) electrons. The molecule has 0 unspecified atom stereocenters. The zero-order chi connectivity index (χ0) is 24.0. The lowest BCUT2D eigenvalue weighted by Gasteiger charge is -2.30. The second kappa shape index (κ2) is 10.9. The smallest absolute Gasteiger partial charge is 0.286 e. The molecule has 1 amide bonds. The van der Waals surface area contributed by atoms with Gasteiger partial charge in [-0.25, -0.2) is 0 Å². The van der Waals surface area contributed by atoms with Crippen LogP contribution in [0.25, 0.3) is 0 Å². The molecular formula is C26H27N3O3S2. The van der Waals surface area contributed by atoms with E-state index in [4.69, 9.17) is 0 Å². The van der Waals surface area contributed by atoms with Crippen LogP contribution in [0.1, 0.15) is 24.5 Å². The molecule has 4 rings (SSSR count). The molecule has 0 bridgehead atoms. The highest BCUT2D eigenvalue weighted by Crippen LogP contribution is 2.35. The normalized spacial score (nSPS) is 15.2. The summed E-state index contributed by atoms with van der Waals surface area (Å²) in [4.78, 5) is 14.7. The van der Waals surface area contributed by atoms with Crippen LogP contribution in [0.3, 0.4) is 0 Å². The van der Waals surface area contributed by atoms with Crippen molar-refractivity contribution in [1.29, 1.82) is 0 Å². The first-order valence-electron chi connectivity index (χ1n) is 11.1. The summed E-state index contributed by atoms with van der Waals surface area (Å²) in [7, 11) is -3.83. The van der Waals surface area contributed by atoms with Crippen molar-refractivity contribution in [2.75, 3.05) is 10.7 Å². The monoisotopic (exact) mass is 493 g/mol. The SMILES string of the molecule is C[C@H](CCc1ccccc1)NC(=O)CSC1=NS(=O)(=O)c2ccccc2N1Cc1ccccc1. The summed E-state index contributed by atoms with van der Waals surface area (Å²) in [6.45, 7) is 2.43. The van der Waals surface area contributed by atoms with Crippen LogP contribution in [0, 0.1) is 0 Å². The minimum atomic E-state index is -3.83. The van der Waals surface area contributed by atoms with Crippen molar-refractivity contribution >= 4 is 38.5 Å². The zero-order valence-corrected chi connectivity index (χ0v) is 20.6. The van der Waals surface area contributed by atoms with Crippen molar-refractivity contribution in [2.45, 2.75) is 37.2 Å². The van der Waals surface area contributed by atoms with Crippen molar-refractivity contribution in [2.24, 2.45) is 4.40 Å². The highest BCUT2D eigenvalue weighted by atomic mass is 32.2. The minimum Gasteiger partial charge on any atom is -0.353 e. The van der Waals surface area contributed by atoms with Gasteiger partial charge in [-0.1, -0.05) is 84.6 Å². The largest absolute Gasteiger partial charge is 0.353 e. The predicted molar refractivity (Wildman–Crippen MR) is 139 cm³/mol. The number of fused-ring (bicyclic) bond motifs is 1. The summed E-state index contributed by atoms with van der Waals surface area (Å²) in [6.07, 6.45) is 1.70. The summed E-state index contributed by atoms with van der Waals surface area (Å²) in [5, 5.41) is 3.31. The van der Waals surface area contributed by atoms with Gasteiger partial charge < -0.3 is 10.2 Å². The Labute approximate surface area is 205 Å². The quantitative estimate of drug-likeness (QED) is 0.495. The van der Waals surface area contributed by atoms with E-state index in [1.165, 1.54) is 5.56 Å². The van der Waals surface area contributed by atoms with Gasteiger partial charge in [0.15, 0.2) is 5.17 Å². The number of thioether (sulfide) groups is 1. The Balaban J connectivity index is 1.43. The lowest BCUT2D eigenvalue weighted by atomic mass is 10.1. The number of benzene rings is 3. The number of carbonyl (C=O) groups is 1. The molecular weight excluding hydrogens is 466 g/mol. The molecule has 3 aromatic carbocycles. The van der Waals surface area contributed by atoms with Gasteiger partial charge in [-0.2, -0.15) is 8.42 Å². The fraction of sp³-hybridized carbons (Fsp3) is 0.231. The average Bonchev–Trinajstić information content (AvgIpc) is 2.85. The van der Waals surface area contributed by atoms with Crippen molar-refractivity contribution in [1.82, 2.24) is 5.32 Å². The van der Waals surface area contributed by atoms with Gasteiger partial charge in [-0.05, 0) is 43.0 Å². The number of hydrogen-bond acceptors (Lipinski definition) is 5. The van der Waals surface area contributed by atoms with Crippen molar-refractivity contribution in [3.8, 4) is 0 Å². The van der Waals surface area contributed by atoms with E-state index in [0.29, 0.717) is 17.4 Å². The third-order valence-corrected chi connectivity index (χ3v) is 7.90. The van der Waals surface area contributed by atoms with Gasteiger partial charge in [-0.15, -0.1) is 4.40 Å². The molecule has 1 heterocycles. The minimum absolute atomic E-state index is 0.00600. The summed E-state index contributed by atoms with van der Waals surface area (Å²) in [5.74, 6) is -0.0681. The molecule has 0 aromatic heterocycles. The first kappa shape index (κ1) is 24.0. The van der Waals surface area contributed by atoms with Crippen molar-refractivity contribution in [3.05, 3.63) is 96.1 Å². The number of amides is 1. The maximum absolute atomic E-state index is 12.8. The van der Waals surface area contributed by atoms with Crippen LogP contribution in [0.2, 0.25) is 0 Å². The maximum Gasteiger partial charge on any atom is 0.286 e. The Morgan fingerprint density at radius 3 is 2.26 bits per heavy atom. The van der Waals surface area contributed by atoms with Gasteiger partial charge >= 0.3 is 0 Å². The average molecular weight is 494 g/mol.